The quantitative estimate of drug-likeness (QED) is 0.577. The molecule has 6 heteroatoms. The number of ether oxygens (including phenoxy) is 1. The zero-order valence-corrected chi connectivity index (χ0v) is 13.2. The van der Waals surface area contributed by atoms with E-state index in [2.05, 4.69) is 4.98 Å². The molecule has 0 aliphatic rings. The molecule has 6 nitrogen and oxygen atoms in total. The van der Waals surface area contributed by atoms with Gasteiger partial charge < -0.3 is 9.30 Å². The number of rotatable bonds is 5. The molecule has 0 radical (unpaired) electrons. The van der Waals surface area contributed by atoms with Crippen LogP contribution in [-0.4, -0.2) is 25.7 Å². The second-order valence-corrected chi connectivity index (χ2v) is 5.29. The maximum absolute atomic E-state index is 11.0. The molecule has 1 N–H and O–H groups in total. The van der Waals surface area contributed by atoms with Crippen molar-refractivity contribution in [3.05, 3.63) is 72.8 Å². The van der Waals surface area contributed by atoms with E-state index < -0.39 is 5.91 Å². The van der Waals surface area contributed by atoms with Crippen LogP contribution in [0.5, 0.6) is 11.5 Å². The number of hydrogen-bond acceptors (Lipinski definition) is 4. The number of amides is 1. The molecule has 0 saturated carbocycles. The number of aromatic nitrogens is 2. The van der Waals surface area contributed by atoms with Crippen LogP contribution in [0.3, 0.4) is 0 Å². The molecule has 3 rings (SSSR count). The van der Waals surface area contributed by atoms with Crippen LogP contribution in [0.1, 0.15) is 12.5 Å². The van der Waals surface area contributed by atoms with E-state index in [1.54, 1.807) is 36.8 Å². The van der Waals surface area contributed by atoms with Gasteiger partial charge in [-0.2, -0.15) is 0 Å². The molecule has 2 aromatic carbocycles. The number of carbonyl (C=O) groups is 1. The first-order valence-corrected chi connectivity index (χ1v) is 7.44. The molecule has 24 heavy (non-hydrogen) atoms. The summed E-state index contributed by atoms with van der Waals surface area (Å²) in [6, 6.07) is 14.9. The van der Waals surface area contributed by atoms with Crippen LogP contribution in [0, 0.1) is 0 Å². The number of hydrogen-bond donors (Lipinski definition) is 1. The molecule has 0 bridgehead atoms. The summed E-state index contributed by atoms with van der Waals surface area (Å²) >= 11 is 0. The smallest absolute Gasteiger partial charge is 0.243 e. The van der Waals surface area contributed by atoms with Crippen molar-refractivity contribution in [1.29, 1.82) is 0 Å². The molecule has 122 valence electrons. The summed E-state index contributed by atoms with van der Waals surface area (Å²) in [4.78, 5) is 15.0. The molecule has 0 unspecified atom stereocenters. The standard InChI is InChI=1S/C18H17N3O3/c1-14(22)21(23)12-15-2-6-17(7-3-15)24-18-8-4-16(5-9-18)20-11-10-19-13-20/h2-11,13,23H,12H2,1H3. The lowest BCUT2D eigenvalue weighted by Gasteiger charge is -2.13. The number of hydroxylamine groups is 2. The second kappa shape index (κ2) is 6.97. The summed E-state index contributed by atoms with van der Waals surface area (Å²) in [6.45, 7) is 1.46. The van der Waals surface area contributed by atoms with Crippen LogP contribution >= 0.6 is 0 Å². The normalized spacial score (nSPS) is 10.4. The van der Waals surface area contributed by atoms with Gasteiger partial charge in [0, 0.05) is 25.0 Å². The topological polar surface area (TPSA) is 67.6 Å². The van der Waals surface area contributed by atoms with Gasteiger partial charge in [-0.3, -0.25) is 10.0 Å². The number of benzene rings is 2. The molecule has 0 aliphatic carbocycles. The fourth-order valence-electron chi connectivity index (χ4n) is 2.18. The van der Waals surface area contributed by atoms with E-state index in [1.165, 1.54) is 6.92 Å². The second-order valence-electron chi connectivity index (χ2n) is 5.29. The van der Waals surface area contributed by atoms with E-state index in [-0.39, 0.29) is 6.54 Å². The van der Waals surface area contributed by atoms with Crippen LogP contribution in [0.4, 0.5) is 0 Å². The highest BCUT2D eigenvalue weighted by Gasteiger charge is 2.06. The van der Waals surface area contributed by atoms with E-state index in [9.17, 15) is 10.0 Å². The predicted octanol–water partition coefficient (Wildman–Crippen LogP) is 3.40. The van der Waals surface area contributed by atoms with Gasteiger partial charge in [0.25, 0.3) is 0 Å². The molecule has 0 atom stereocenters. The first-order valence-electron chi connectivity index (χ1n) is 7.44. The van der Waals surface area contributed by atoms with Crippen molar-refractivity contribution >= 4 is 5.91 Å². The van der Waals surface area contributed by atoms with Crippen LogP contribution < -0.4 is 4.74 Å². The molecular weight excluding hydrogens is 306 g/mol. The maximum Gasteiger partial charge on any atom is 0.243 e. The third-order valence-corrected chi connectivity index (χ3v) is 3.49. The van der Waals surface area contributed by atoms with Crippen LogP contribution in [0.25, 0.3) is 5.69 Å². The molecule has 0 spiro atoms. The molecule has 1 heterocycles. The minimum absolute atomic E-state index is 0.148. The average molecular weight is 323 g/mol. The molecule has 0 fully saturated rings. The molecule has 1 amide bonds. The van der Waals surface area contributed by atoms with Gasteiger partial charge in [-0.05, 0) is 42.0 Å². The van der Waals surface area contributed by atoms with Crippen molar-refractivity contribution in [2.45, 2.75) is 13.5 Å². The Balaban J connectivity index is 1.64. The summed E-state index contributed by atoms with van der Waals surface area (Å²) in [5, 5.41) is 10.1. The lowest BCUT2D eigenvalue weighted by atomic mass is 10.2. The van der Waals surface area contributed by atoms with Gasteiger partial charge in [0.1, 0.15) is 11.5 Å². The zero-order valence-electron chi connectivity index (χ0n) is 13.2. The molecule has 0 saturated heterocycles. The highest BCUT2D eigenvalue weighted by molar-refractivity contribution is 5.71. The van der Waals surface area contributed by atoms with Gasteiger partial charge in [-0.25, -0.2) is 10.0 Å². The van der Waals surface area contributed by atoms with E-state index >= 15 is 0 Å². The average Bonchev–Trinajstić information content (AvgIpc) is 3.12. The molecule has 1 aromatic heterocycles. The van der Waals surface area contributed by atoms with E-state index in [0.29, 0.717) is 10.8 Å². The monoisotopic (exact) mass is 323 g/mol. The van der Waals surface area contributed by atoms with Gasteiger partial charge in [0.15, 0.2) is 0 Å². The first kappa shape index (κ1) is 15.8. The van der Waals surface area contributed by atoms with Gasteiger partial charge in [-0.15, -0.1) is 0 Å². The minimum atomic E-state index is -0.395. The van der Waals surface area contributed by atoms with Crippen molar-refractivity contribution in [2.24, 2.45) is 0 Å². The Bertz CT molecular complexity index is 797. The highest BCUT2D eigenvalue weighted by Crippen LogP contribution is 2.23. The van der Waals surface area contributed by atoms with Gasteiger partial charge >= 0.3 is 0 Å². The zero-order chi connectivity index (χ0) is 16.9. The Morgan fingerprint density at radius 1 is 1.12 bits per heavy atom. The lowest BCUT2D eigenvalue weighted by Crippen LogP contribution is -2.23. The van der Waals surface area contributed by atoms with E-state index in [0.717, 1.165) is 17.0 Å². The van der Waals surface area contributed by atoms with Crippen molar-refractivity contribution < 1.29 is 14.7 Å². The summed E-state index contributed by atoms with van der Waals surface area (Å²) in [7, 11) is 0. The number of nitrogens with zero attached hydrogens (tertiary/aromatic N) is 3. The van der Waals surface area contributed by atoms with Crippen LogP contribution in [-0.2, 0) is 11.3 Å². The van der Waals surface area contributed by atoms with E-state index in [4.69, 9.17) is 4.74 Å². The van der Waals surface area contributed by atoms with Gasteiger partial charge in [0.05, 0.1) is 12.9 Å². The Hall–Kier alpha value is -3.12. The largest absolute Gasteiger partial charge is 0.457 e. The lowest BCUT2D eigenvalue weighted by molar-refractivity contribution is -0.165. The Morgan fingerprint density at radius 3 is 2.29 bits per heavy atom. The molecule has 0 aliphatic heterocycles. The SMILES string of the molecule is CC(=O)N(O)Cc1ccc(Oc2ccc(-n3ccnc3)cc2)cc1. The van der Waals surface area contributed by atoms with Crippen LogP contribution in [0.15, 0.2) is 67.3 Å². The summed E-state index contributed by atoms with van der Waals surface area (Å²) in [5.74, 6) is 1.01. The van der Waals surface area contributed by atoms with Crippen molar-refractivity contribution in [3.63, 3.8) is 0 Å². The number of carbonyl (C=O) groups excluding carboxylic acids is 1. The Kier molecular flexibility index (Phi) is 4.58. The number of imidazole rings is 1. The molecular formula is C18H17N3O3. The van der Waals surface area contributed by atoms with Crippen LogP contribution in [0.2, 0.25) is 0 Å². The third kappa shape index (κ3) is 3.80. The Morgan fingerprint density at radius 2 is 1.75 bits per heavy atom. The summed E-state index contributed by atoms with van der Waals surface area (Å²) in [6.07, 6.45) is 5.34. The Labute approximate surface area is 139 Å². The van der Waals surface area contributed by atoms with Gasteiger partial charge in [0.2, 0.25) is 5.91 Å². The predicted molar refractivity (Wildman–Crippen MR) is 88.1 cm³/mol. The third-order valence-electron chi connectivity index (χ3n) is 3.49. The summed E-state index contributed by atoms with van der Waals surface area (Å²) in [5.41, 5.74) is 1.82. The highest BCUT2D eigenvalue weighted by atomic mass is 16.5. The fraction of sp³-hybridized carbons (Fsp3) is 0.111. The van der Waals surface area contributed by atoms with Crippen molar-refractivity contribution in [1.82, 2.24) is 14.6 Å². The van der Waals surface area contributed by atoms with E-state index in [1.807, 2.05) is 35.0 Å². The molecule has 3 aromatic rings. The van der Waals surface area contributed by atoms with Crippen molar-refractivity contribution in [2.75, 3.05) is 0 Å². The van der Waals surface area contributed by atoms with Gasteiger partial charge in [-0.1, -0.05) is 12.1 Å². The fourth-order valence-corrected chi connectivity index (χ4v) is 2.18. The minimum Gasteiger partial charge on any atom is -0.457 e. The maximum atomic E-state index is 11.0. The summed E-state index contributed by atoms with van der Waals surface area (Å²) < 4.78 is 7.70. The first-order chi connectivity index (χ1) is 11.6. The van der Waals surface area contributed by atoms with Crippen molar-refractivity contribution in [3.8, 4) is 17.2 Å².